The van der Waals surface area contributed by atoms with Gasteiger partial charge >= 0.3 is 0 Å². The average molecular weight is 497 g/mol. The molecule has 2 atom stereocenters. The highest BCUT2D eigenvalue weighted by molar-refractivity contribution is 5.73. The normalized spacial score (nSPS) is 16.8. The Morgan fingerprint density at radius 1 is 1.19 bits per heavy atom. The van der Waals surface area contributed by atoms with Crippen LogP contribution < -0.4 is 15.4 Å². The van der Waals surface area contributed by atoms with Gasteiger partial charge in [0.05, 0.1) is 12.1 Å². The van der Waals surface area contributed by atoms with Crippen molar-refractivity contribution >= 4 is 5.91 Å². The Hall–Kier alpha value is -2.70. The van der Waals surface area contributed by atoms with Gasteiger partial charge in [0.2, 0.25) is 5.91 Å². The molecule has 36 heavy (non-hydrogen) atoms. The van der Waals surface area contributed by atoms with E-state index in [0.717, 1.165) is 25.7 Å². The summed E-state index contributed by atoms with van der Waals surface area (Å²) in [7, 11) is 0. The molecule has 6 heteroatoms. The number of aliphatic hydroxyl groups excluding tert-OH is 1. The lowest BCUT2D eigenvalue weighted by molar-refractivity contribution is -0.120. The molecule has 1 amide bonds. The summed E-state index contributed by atoms with van der Waals surface area (Å²) in [6.07, 6.45) is 6.47. The van der Waals surface area contributed by atoms with Crippen LogP contribution in [0.25, 0.3) is 0 Å². The second-order valence-corrected chi connectivity index (χ2v) is 10.3. The molecule has 0 unspecified atom stereocenters. The van der Waals surface area contributed by atoms with E-state index >= 15 is 0 Å². The minimum absolute atomic E-state index is 0.213. The number of aliphatic hydroxyl groups is 1. The minimum Gasteiger partial charge on any atom is -0.489 e. The van der Waals surface area contributed by atoms with Crippen molar-refractivity contribution in [3.8, 4) is 5.75 Å². The highest BCUT2D eigenvalue weighted by Crippen LogP contribution is 2.38. The third kappa shape index (κ3) is 7.65. The van der Waals surface area contributed by atoms with Crippen LogP contribution in [0.1, 0.15) is 75.5 Å². The summed E-state index contributed by atoms with van der Waals surface area (Å²) in [5.41, 5.74) is 2.99. The molecule has 2 aromatic carbocycles. The number of hydrogen-bond donors (Lipinski definition) is 3. The van der Waals surface area contributed by atoms with Gasteiger partial charge in [0.15, 0.2) is 0 Å². The number of nitrogens with one attached hydrogen (secondary N) is 2. The fraction of sp³-hybridized carbons (Fsp3) is 0.500. The molecule has 1 fully saturated rings. The molecular weight excluding hydrogens is 455 g/mol. The molecule has 2 aromatic rings. The number of amides is 1. The first-order chi connectivity index (χ1) is 17.2. The summed E-state index contributed by atoms with van der Waals surface area (Å²) >= 11 is 0. The molecule has 1 saturated carbocycles. The maximum Gasteiger partial charge on any atom is 0.217 e. The molecule has 3 N–H and O–H groups in total. The van der Waals surface area contributed by atoms with E-state index in [-0.39, 0.29) is 24.5 Å². The summed E-state index contributed by atoms with van der Waals surface area (Å²) < 4.78 is 19.7. The van der Waals surface area contributed by atoms with E-state index in [1.54, 1.807) is 12.1 Å². The number of benzene rings is 2. The maximum atomic E-state index is 14.2. The third-order valence-corrected chi connectivity index (χ3v) is 7.07. The smallest absolute Gasteiger partial charge is 0.217 e. The Bertz CT molecular complexity index is 1020. The number of halogens is 1. The Morgan fingerprint density at radius 2 is 1.94 bits per heavy atom. The van der Waals surface area contributed by atoms with Crippen molar-refractivity contribution in [2.45, 2.75) is 82.9 Å². The number of carbonyl (C=O) groups excluding carboxylic acids is 1. The topological polar surface area (TPSA) is 70.6 Å². The van der Waals surface area contributed by atoms with Gasteiger partial charge in [-0.25, -0.2) is 4.39 Å². The summed E-state index contributed by atoms with van der Waals surface area (Å²) in [6, 6.07) is 12.6. The van der Waals surface area contributed by atoms with Crippen LogP contribution in [-0.2, 0) is 16.8 Å². The van der Waals surface area contributed by atoms with E-state index < -0.39 is 18.0 Å². The second kappa shape index (κ2) is 13.0. The summed E-state index contributed by atoms with van der Waals surface area (Å²) in [4.78, 5) is 12.0. The van der Waals surface area contributed by atoms with E-state index in [2.05, 4.69) is 55.3 Å². The predicted molar refractivity (Wildman–Crippen MR) is 143 cm³/mol. The van der Waals surface area contributed by atoms with Crippen molar-refractivity contribution in [3.63, 3.8) is 0 Å². The molecule has 3 rings (SSSR count). The molecular formula is C30H41FN2O3. The highest BCUT2D eigenvalue weighted by Gasteiger charge is 2.35. The second-order valence-electron chi connectivity index (χ2n) is 10.3. The van der Waals surface area contributed by atoms with Crippen molar-refractivity contribution < 1.29 is 19.0 Å². The number of ether oxygens (including phenoxy) is 1. The molecule has 1 aliphatic carbocycles. The first-order valence-corrected chi connectivity index (χ1v) is 13.1. The minimum atomic E-state index is -0.859. The van der Waals surface area contributed by atoms with E-state index in [1.807, 2.05) is 0 Å². The molecule has 1 aliphatic rings. The van der Waals surface area contributed by atoms with Gasteiger partial charge < -0.3 is 20.5 Å². The Morgan fingerprint density at radius 3 is 2.61 bits per heavy atom. The molecule has 0 bridgehead atoms. The Kier molecular flexibility index (Phi) is 10.1. The van der Waals surface area contributed by atoms with Crippen molar-refractivity contribution in [1.29, 1.82) is 0 Å². The SMILES string of the molecule is C=CCOc1cc(F)cc(C[C@H](NC(C)=O)[C@H](O)CNC2(c3cccc(C(C)C)c3)CCCCC2)c1. The van der Waals surface area contributed by atoms with Gasteiger partial charge in [-0.15, -0.1) is 0 Å². The van der Waals surface area contributed by atoms with Crippen LogP contribution in [0.2, 0.25) is 0 Å². The lowest BCUT2D eigenvalue weighted by Crippen LogP contribution is -2.53. The summed E-state index contributed by atoms with van der Waals surface area (Å²) in [5.74, 6) is 0.166. The molecule has 0 radical (unpaired) electrons. The molecule has 0 aromatic heterocycles. The van der Waals surface area contributed by atoms with Crippen molar-refractivity contribution in [2.24, 2.45) is 0 Å². The van der Waals surface area contributed by atoms with E-state index in [0.29, 0.717) is 23.8 Å². The standard InChI is InChI=1S/C30H41FN2O3/c1-5-14-36-27-16-23(15-26(31)19-27)17-28(33-22(4)34)29(35)20-32-30(12-7-6-8-13-30)25-11-9-10-24(18-25)21(2)3/h5,9-11,15-16,18-19,21,28-29,32,35H,1,6-8,12-14,17,20H2,2-4H3,(H,33,34)/t28-,29+/m0/s1. The van der Waals surface area contributed by atoms with Gasteiger partial charge in [0.1, 0.15) is 18.2 Å². The van der Waals surface area contributed by atoms with Crippen molar-refractivity contribution in [1.82, 2.24) is 10.6 Å². The summed E-state index contributed by atoms with van der Waals surface area (Å²) in [5, 5.41) is 17.8. The lowest BCUT2D eigenvalue weighted by Gasteiger charge is -2.40. The monoisotopic (exact) mass is 496 g/mol. The first kappa shape index (κ1) is 27.9. The number of rotatable bonds is 12. The Labute approximate surface area is 215 Å². The highest BCUT2D eigenvalue weighted by atomic mass is 19.1. The van der Waals surface area contributed by atoms with Gasteiger partial charge in [-0.3, -0.25) is 4.79 Å². The van der Waals surface area contributed by atoms with Crippen LogP contribution in [0.5, 0.6) is 5.75 Å². The van der Waals surface area contributed by atoms with Crippen LogP contribution in [0.15, 0.2) is 55.1 Å². The van der Waals surface area contributed by atoms with Gasteiger partial charge in [0.25, 0.3) is 0 Å². The fourth-order valence-electron chi connectivity index (χ4n) is 5.14. The predicted octanol–water partition coefficient (Wildman–Crippen LogP) is 5.37. The van der Waals surface area contributed by atoms with E-state index in [1.165, 1.54) is 36.6 Å². The zero-order valence-corrected chi connectivity index (χ0v) is 21.9. The van der Waals surface area contributed by atoms with Crippen LogP contribution >= 0.6 is 0 Å². The van der Waals surface area contributed by atoms with Crippen LogP contribution in [0, 0.1) is 5.82 Å². The average Bonchev–Trinajstić information content (AvgIpc) is 2.85. The molecule has 0 heterocycles. The molecule has 5 nitrogen and oxygen atoms in total. The largest absolute Gasteiger partial charge is 0.489 e. The molecule has 0 saturated heterocycles. The van der Waals surface area contributed by atoms with Crippen LogP contribution in [0.4, 0.5) is 4.39 Å². The maximum absolute atomic E-state index is 14.2. The zero-order valence-electron chi connectivity index (χ0n) is 21.9. The van der Waals surface area contributed by atoms with Gasteiger partial charge in [0, 0.05) is 25.1 Å². The summed E-state index contributed by atoms with van der Waals surface area (Å²) in [6.45, 7) is 10.0. The fourth-order valence-corrected chi connectivity index (χ4v) is 5.14. The number of carbonyl (C=O) groups is 1. The van der Waals surface area contributed by atoms with Crippen molar-refractivity contribution in [2.75, 3.05) is 13.2 Å². The molecule has 0 aliphatic heterocycles. The van der Waals surface area contributed by atoms with E-state index in [4.69, 9.17) is 4.74 Å². The van der Waals surface area contributed by atoms with Gasteiger partial charge in [-0.05, 0) is 54.0 Å². The van der Waals surface area contributed by atoms with Gasteiger partial charge in [-0.1, -0.05) is 70.0 Å². The van der Waals surface area contributed by atoms with Gasteiger partial charge in [-0.2, -0.15) is 0 Å². The van der Waals surface area contributed by atoms with E-state index in [9.17, 15) is 14.3 Å². The quantitative estimate of drug-likeness (QED) is 0.346. The third-order valence-electron chi connectivity index (χ3n) is 7.07. The molecule has 0 spiro atoms. The van der Waals surface area contributed by atoms with Crippen LogP contribution in [-0.4, -0.2) is 36.3 Å². The zero-order chi connectivity index (χ0) is 26.1. The first-order valence-electron chi connectivity index (χ1n) is 13.1. The number of hydrogen-bond acceptors (Lipinski definition) is 4. The van der Waals surface area contributed by atoms with Crippen LogP contribution in [0.3, 0.4) is 0 Å². The Balaban J connectivity index is 1.78. The lowest BCUT2D eigenvalue weighted by atomic mass is 9.75. The molecule has 196 valence electrons. The van der Waals surface area contributed by atoms with Crippen molar-refractivity contribution in [3.05, 3.63) is 77.6 Å².